The Morgan fingerprint density at radius 2 is 1.90 bits per heavy atom. The Bertz CT molecular complexity index is 614. The van der Waals surface area contributed by atoms with E-state index in [9.17, 15) is 10.1 Å². The normalized spacial score (nSPS) is 10.2. The average molecular weight is 292 g/mol. The lowest BCUT2D eigenvalue weighted by atomic mass is 10.1. The first-order valence-electron chi connectivity index (χ1n) is 6.09. The van der Waals surface area contributed by atoms with E-state index in [0.29, 0.717) is 17.3 Å². The van der Waals surface area contributed by atoms with Crippen molar-refractivity contribution in [2.24, 2.45) is 0 Å². The summed E-state index contributed by atoms with van der Waals surface area (Å²) in [5.41, 5.74) is 7.24. The molecule has 20 heavy (non-hydrogen) atoms. The Kier molecular flexibility index (Phi) is 4.42. The second-order valence-electron chi connectivity index (χ2n) is 4.30. The van der Waals surface area contributed by atoms with Gasteiger partial charge < -0.3 is 11.1 Å². The number of nitrogens with zero attached hydrogens (tertiary/aromatic N) is 1. The van der Waals surface area contributed by atoms with Crippen molar-refractivity contribution in [3.63, 3.8) is 0 Å². The molecule has 0 saturated heterocycles. The summed E-state index contributed by atoms with van der Waals surface area (Å²) < 4.78 is 0. The van der Waals surface area contributed by atoms with Gasteiger partial charge in [-0.25, -0.2) is 0 Å². The molecule has 2 aromatic rings. The van der Waals surface area contributed by atoms with Crippen molar-refractivity contribution in [1.29, 1.82) is 0 Å². The van der Waals surface area contributed by atoms with Gasteiger partial charge in [-0.2, -0.15) is 0 Å². The van der Waals surface area contributed by atoms with Crippen molar-refractivity contribution in [3.8, 4) is 0 Å². The zero-order valence-electron chi connectivity index (χ0n) is 10.7. The molecule has 2 rings (SSSR count). The number of para-hydroxylation sites is 1. The molecular weight excluding hydrogens is 278 g/mol. The number of halogens is 1. The van der Waals surface area contributed by atoms with Crippen LogP contribution in [0.4, 0.5) is 17.1 Å². The van der Waals surface area contributed by atoms with Crippen molar-refractivity contribution < 1.29 is 4.92 Å². The first-order valence-corrected chi connectivity index (χ1v) is 6.47. The summed E-state index contributed by atoms with van der Waals surface area (Å²) in [6.07, 6.45) is 0.739. The molecule has 0 spiro atoms. The highest BCUT2D eigenvalue weighted by Gasteiger charge is 2.16. The summed E-state index contributed by atoms with van der Waals surface area (Å²) in [4.78, 5) is 10.5. The molecule has 0 fully saturated rings. The van der Waals surface area contributed by atoms with Crippen molar-refractivity contribution in [2.75, 3.05) is 17.6 Å². The van der Waals surface area contributed by atoms with Gasteiger partial charge in [0.15, 0.2) is 0 Å². The number of anilines is 2. The Hall–Kier alpha value is -2.27. The molecule has 0 radical (unpaired) electrons. The van der Waals surface area contributed by atoms with Crippen LogP contribution in [0.3, 0.4) is 0 Å². The fraction of sp³-hybridized carbons (Fsp3) is 0.143. The van der Waals surface area contributed by atoms with E-state index in [-0.39, 0.29) is 11.4 Å². The Morgan fingerprint density at radius 1 is 1.20 bits per heavy atom. The SMILES string of the molecule is Nc1cccc(NCCc2ccc(Cl)cc2)c1[N+](=O)[O-]. The Labute approximate surface area is 121 Å². The van der Waals surface area contributed by atoms with Crippen LogP contribution in [0, 0.1) is 10.1 Å². The van der Waals surface area contributed by atoms with Crippen LogP contribution in [0.2, 0.25) is 5.02 Å². The topological polar surface area (TPSA) is 81.2 Å². The molecule has 6 heteroatoms. The van der Waals surface area contributed by atoms with Crippen molar-refractivity contribution in [2.45, 2.75) is 6.42 Å². The summed E-state index contributed by atoms with van der Waals surface area (Å²) in [7, 11) is 0. The first-order chi connectivity index (χ1) is 9.58. The van der Waals surface area contributed by atoms with Crippen molar-refractivity contribution in [3.05, 3.63) is 63.2 Å². The largest absolute Gasteiger partial charge is 0.393 e. The number of nitrogens with two attached hydrogens (primary N) is 1. The Morgan fingerprint density at radius 3 is 2.55 bits per heavy atom. The molecule has 2 aromatic carbocycles. The molecule has 0 aliphatic rings. The number of nitro benzene ring substituents is 1. The first kappa shape index (κ1) is 14.1. The van der Waals surface area contributed by atoms with Gasteiger partial charge in [0, 0.05) is 11.6 Å². The minimum Gasteiger partial charge on any atom is -0.393 e. The van der Waals surface area contributed by atoms with Gasteiger partial charge in [-0.05, 0) is 36.2 Å². The summed E-state index contributed by atoms with van der Waals surface area (Å²) in [6, 6.07) is 12.3. The lowest BCUT2D eigenvalue weighted by molar-refractivity contribution is -0.383. The minimum atomic E-state index is -0.472. The average Bonchev–Trinajstić information content (AvgIpc) is 2.40. The second kappa shape index (κ2) is 6.25. The number of hydrogen-bond donors (Lipinski definition) is 2. The summed E-state index contributed by atoms with van der Waals surface area (Å²) >= 11 is 5.81. The quantitative estimate of drug-likeness (QED) is 0.502. The molecule has 0 amide bonds. The number of hydrogen-bond acceptors (Lipinski definition) is 4. The van der Waals surface area contributed by atoms with E-state index in [2.05, 4.69) is 5.32 Å². The standard InChI is InChI=1S/C14H14ClN3O2/c15-11-6-4-10(5-7-11)8-9-17-13-3-1-2-12(16)14(13)18(19)20/h1-7,17H,8-9,16H2. The van der Waals surface area contributed by atoms with E-state index in [1.807, 2.05) is 24.3 Å². The van der Waals surface area contributed by atoms with Gasteiger partial charge in [-0.15, -0.1) is 0 Å². The monoisotopic (exact) mass is 291 g/mol. The maximum absolute atomic E-state index is 11.0. The fourth-order valence-electron chi connectivity index (χ4n) is 1.90. The number of nitrogen functional groups attached to an aromatic ring is 1. The van der Waals surface area contributed by atoms with E-state index in [0.717, 1.165) is 12.0 Å². The zero-order valence-corrected chi connectivity index (χ0v) is 11.4. The highest BCUT2D eigenvalue weighted by Crippen LogP contribution is 2.30. The van der Waals surface area contributed by atoms with Gasteiger partial charge >= 0.3 is 5.69 Å². The molecular formula is C14H14ClN3O2. The van der Waals surface area contributed by atoms with Crippen LogP contribution in [0.15, 0.2) is 42.5 Å². The Balaban J connectivity index is 2.02. The van der Waals surface area contributed by atoms with E-state index in [1.165, 1.54) is 6.07 Å². The predicted octanol–water partition coefficient (Wildman–Crippen LogP) is 3.49. The molecule has 0 unspecified atom stereocenters. The molecule has 0 heterocycles. The molecule has 3 N–H and O–H groups in total. The second-order valence-corrected chi connectivity index (χ2v) is 4.74. The number of rotatable bonds is 5. The highest BCUT2D eigenvalue weighted by molar-refractivity contribution is 6.30. The van der Waals surface area contributed by atoms with Crippen LogP contribution in [0.5, 0.6) is 0 Å². The van der Waals surface area contributed by atoms with E-state index in [4.69, 9.17) is 17.3 Å². The summed E-state index contributed by atoms with van der Waals surface area (Å²) in [5.74, 6) is 0. The lowest BCUT2D eigenvalue weighted by Gasteiger charge is -2.08. The maximum atomic E-state index is 11.0. The summed E-state index contributed by atoms with van der Waals surface area (Å²) in [5, 5.41) is 14.7. The predicted molar refractivity (Wildman–Crippen MR) is 81.2 cm³/mol. The fourth-order valence-corrected chi connectivity index (χ4v) is 2.03. The van der Waals surface area contributed by atoms with Crippen LogP contribution in [0.25, 0.3) is 0 Å². The van der Waals surface area contributed by atoms with Crippen LogP contribution < -0.4 is 11.1 Å². The maximum Gasteiger partial charge on any atom is 0.314 e. The van der Waals surface area contributed by atoms with Crippen LogP contribution in [0.1, 0.15) is 5.56 Å². The van der Waals surface area contributed by atoms with E-state index < -0.39 is 4.92 Å². The third kappa shape index (κ3) is 3.39. The zero-order chi connectivity index (χ0) is 14.5. The number of nitrogens with one attached hydrogen (secondary N) is 1. The van der Waals surface area contributed by atoms with Gasteiger partial charge in [0.25, 0.3) is 0 Å². The molecule has 0 bridgehead atoms. The van der Waals surface area contributed by atoms with Gasteiger partial charge in [0.05, 0.1) is 4.92 Å². The van der Waals surface area contributed by atoms with E-state index >= 15 is 0 Å². The number of benzene rings is 2. The third-order valence-electron chi connectivity index (χ3n) is 2.89. The van der Waals surface area contributed by atoms with Gasteiger partial charge in [-0.3, -0.25) is 10.1 Å². The number of nitro groups is 1. The van der Waals surface area contributed by atoms with Crippen LogP contribution >= 0.6 is 11.6 Å². The molecule has 0 aromatic heterocycles. The minimum absolute atomic E-state index is 0.0800. The third-order valence-corrected chi connectivity index (χ3v) is 3.14. The van der Waals surface area contributed by atoms with Gasteiger partial charge in [0.1, 0.15) is 11.4 Å². The molecule has 0 aliphatic heterocycles. The molecule has 0 atom stereocenters. The highest BCUT2D eigenvalue weighted by atomic mass is 35.5. The molecule has 5 nitrogen and oxygen atoms in total. The van der Waals surface area contributed by atoms with Gasteiger partial charge in [-0.1, -0.05) is 29.8 Å². The molecule has 0 aliphatic carbocycles. The van der Waals surface area contributed by atoms with Crippen molar-refractivity contribution in [1.82, 2.24) is 0 Å². The van der Waals surface area contributed by atoms with Crippen molar-refractivity contribution >= 4 is 28.7 Å². The van der Waals surface area contributed by atoms with Crippen LogP contribution in [-0.4, -0.2) is 11.5 Å². The van der Waals surface area contributed by atoms with Gasteiger partial charge in [0.2, 0.25) is 0 Å². The molecule has 104 valence electrons. The lowest BCUT2D eigenvalue weighted by Crippen LogP contribution is -2.08. The smallest absolute Gasteiger partial charge is 0.314 e. The van der Waals surface area contributed by atoms with Crippen LogP contribution in [-0.2, 0) is 6.42 Å². The molecule has 0 saturated carbocycles. The summed E-state index contributed by atoms with van der Waals surface area (Å²) in [6.45, 7) is 0.575. The van der Waals surface area contributed by atoms with E-state index in [1.54, 1.807) is 12.1 Å².